The summed E-state index contributed by atoms with van der Waals surface area (Å²) < 4.78 is 0. The molecule has 61 heavy (non-hydrogen) atoms. The van der Waals surface area contributed by atoms with Crippen LogP contribution in [0.25, 0.3) is 0 Å². The summed E-state index contributed by atoms with van der Waals surface area (Å²) in [6, 6.07) is 29.5. The fourth-order valence-electron chi connectivity index (χ4n) is 9.33. The Morgan fingerprint density at radius 1 is 0.344 bits per heavy atom. The summed E-state index contributed by atoms with van der Waals surface area (Å²) in [6.45, 7) is 4.61. The summed E-state index contributed by atoms with van der Waals surface area (Å²) in [4.78, 5) is 2.40. The molecule has 0 radical (unpaired) electrons. The van der Waals surface area contributed by atoms with E-state index in [2.05, 4.69) is 104 Å². The zero-order valence-electron chi connectivity index (χ0n) is 40.3. The molecule has 0 saturated heterocycles. The highest BCUT2D eigenvalue weighted by atomic mass is 15.1. The van der Waals surface area contributed by atoms with E-state index in [0.29, 0.717) is 5.92 Å². The van der Waals surface area contributed by atoms with Crippen molar-refractivity contribution in [2.75, 3.05) is 4.90 Å². The summed E-state index contributed by atoms with van der Waals surface area (Å²) in [5.74, 6) is 3.55. The molecule has 0 bridgehead atoms. The van der Waals surface area contributed by atoms with Crippen LogP contribution >= 0.6 is 0 Å². The van der Waals surface area contributed by atoms with Crippen LogP contribution in [0.3, 0.4) is 0 Å². The Hall–Kier alpha value is -2.98. The molecule has 0 aliphatic carbocycles. The van der Waals surface area contributed by atoms with Gasteiger partial charge in [0.2, 0.25) is 0 Å². The molecule has 3 rings (SSSR count). The maximum absolute atomic E-state index is 6.01. The molecule has 1 nitrogen and oxygen atoms in total. The quantitative estimate of drug-likeness (QED) is 0.0407. The van der Waals surface area contributed by atoms with Gasteiger partial charge in [-0.15, -0.1) is 12.3 Å². The smallest absolute Gasteiger partial charge is 0.0461 e. The van der Waals surface area contributed by atoms with E-state index in [1.54, 1.807) is 0 Å². The summed E-state index contributed by atoms with van der Waals surface area (Å²) >= 11 is 0. The van der Waals surface area contributed by atoms with Gasteiger partial charge >= 0.3 is 0 Å². The van der Waals surface area contributed by atoms with Gasteiger partial charge < -0.3 is 4.90 Å². The fourth-order valence-corrected chi connectivity index (χ4v) is 9.33. The number of benzene rings is 3. The number of nitrogens with zero attached hydrogens (tertiary/aromatic N) is 1. The van der Waals surface area contributed by atoms with Crippen LogP contribution in [0, 0.1) is 18.3 Å². The Balaban J connectivity index is 1.27. The number of aryl methyl sites for hydroxylation is 2. The maximum atomic E-state index is 6.01. The van der Waals surface area contributed by atoms with E-state index in [-0.39, 0.29) is 0 Å². The van der Waals surface area contributed by atoms with Gasteiger partial charge in [-0.25, -0.2) is 0 Å². The topological polar surface area (TPSA) is 3.24 Å². The van der Waals surface area contributed by atoms with Gasteiger partial charge in [0.25, 0.3) is 0 Å². The maximum Gasteiger partial charge on any atom is 0.0461 e. The van der Waals surface area contributed by atoms with Crippen molar-refractivity contribution >= 4 is 17.1 Å². The van der Waals surface area contributed by atoms with Gasteiger partial charge in [0.1, 0.15) is 0 Å². The van der Waals surface area contributed by atoms with Crippen molar-refractivity contribution < 1.29 is 0 Å². The number of anilines is 3. The van der Waals surface area contributed by atoms with E-state index in [4.69, 9.17) is 6.42 Å². The Kier molecular flexibility index (Phi) is 32.2. The molecular formula is C60H95N. The van der Waals surface area contributed by atoms with Crippen LogP contribution in [0.1, 0.15) is 250 Å². The molecule has 3 aromatic rings. The average Bonchev–Trinajstić information content (AvgIpc) is 3.29. The average molecular weight is 830 g/mol. The van der Waals surface area contributed by atoms with E-state index in [1.807, 2.05) is 0 Å². The first-order valence-electron chi connectivity index (χ1n) is 26.7. The van der Waals surface area contributed by atoms with Crippen molar-refractivity contribution in [1.29, 1.82) is 0 Å². The Morgan fingerprint density at radius 3 is 1.00 bits per heavy atom. The van der Waals surface area contributed by atoms with Gasteiger partial charge in [-0.1, -0.05) is 255 Å². The van der Waals surface area contributed by atoms with Crippen LogP contribution in [0.15, 0.2) is 78.9 Å². The summed E-state index contributed by atoms with van der Waals surface area (Å²) in [5, 5.41) is 0. The van der Waals surface area contributed by atoms with Crippen LogP contribution < -0.4 is 4.90 Å². The van der Waals surface area contributed by atoms with Crippen molar-refractivity contribution in [3.8, 4) is 12.3 Å². The van der Waals surface area contributed by atoms with Crippen LogP contribution in [0.5, 0.6) is 0 Å². The largest absolute Gasteiger partial charge is 0.311 e. The second-order valence-corrected chi connectivity index (χ2v) is 18.9. The highest BCUT2D eigenvalue weighted by Crippen LogP contribution is 2.35. The monoisotopic (exact) mass is 830 g/mol. The molecule has 0 N–H and O–H groups in total. The lowest BCUT2D eigenvalue weighted by atomic mass is 9.94. The number of unbranched alkanes of at least 4 members (excludes halogenated alkanes) is 30. The summed E-state index contributed by atoms with van der Waals surface area (Å²) in [6.07, 6.45) is 57.1. The molecule has 1 heteroatoms. The molecule has 0 aliphatic heterocycles. The van der Waals surface area contributed by atoms with E-state index in [1.165, 1.54) is 246 Å². The van der Waals surface area contributed by atoms with Gasteiger partial charge in [-0.2, -0.15) is 0 Å². The molecule has 0 heterocycles. The normalized spacial score (nSPS) is 11.8. The molecule has 0 aromatic heterocycles. The van der Waals surface area contributed by atoms with Crippen molar-refractivity contribution in [2.24, 2.45) is 5.92 Å². The minimum atomic E-state index is 0.423. The van der Waals surface area contributed by atoms with Crippen molar-refractivity contribution in [3.05, 3.63) is 90.0 Å². The Bertz CT molecular complexity index is 1410. The van der Waals surface area contributed by atoms with Gasteiger partial charge in [-0.05, 0) is 86.1 Å². The van der Waals surface area contributed by atoms with Crippen LogP contribution in [0.4, 0.5) is 17.1 Å². The Morgan fingerprint density at radius 2 is 0.639 bits per heavy atom. The second kappa shape index (κ2) is 37.6. The fraction of sp³-hybridized carbons (Fsp3) is 0.667. The number of hydrogen-bond donors (Lipinski definition) is 0. The van der Waals surface area contributed by atoms with E-state index < -0.39 is 0 Å². The lowest BCUT2D eigenvalue weighted by Gasteiger charge is -2.26. The first-order valence-corrected chi connectivity index (χ1v) is 26.7. The zero-order valence-corrected chi connectivity index (χ0v) is 40.3. The van der Waals surface area contributed by atoms with Crippen LogP contribution in [0.2, 0.25) is 0 Å². The third kappa shape index (κ3) is 26.3. The minimum Gasteiger partial charge on any atom is -0.311 e. The molecule has 0 spiro atoms. The molecule has 1 atom stereocenters. The summed E-state index contributed by atoms with van der Waals surface area (Å²) in [5.41, 5.74) is 6.50. The number of hydrogen-bond acceptors (Lipinski definition) is 1. The molecule has 0 saturated carbocycles. The highest BCUT2D eigenvalue weighted by Gasteiger charge is 2.13. The predicted octanol–water partition coefficient (Wildman–Crippen LogP) is 20.2. The molecule has 0 amide bonds. The lowest BCUT2D eigenvalue weighted by Crippen LogP contribution is -2.10. The Labute approximate surface area is 380 Å². The van der Waals surface area contributed by atoms with E-state index in [0.717, 1.165) is 19.3 Å². The molecular weight excluding hydrogens is 735 g/mol. The lowest BCUT2D eigenvalue weighted by molar-refractivity contribution is 0.487. The molecule has 0 fully saturated rings. The SMILES string of the molecule is C#CC(CCCCCCCCCCCCCCCC)CCCc1ccc(N(c2ccccc2)c2ccc(CCCCCCCCCCCCCCCCCCCC)cc2)cc1. The summed E-state index contributed by atoms with van der Waals surface area (Å²) in [7, 11) is 0. The predicted molar refractivity (Wildman–Crippen MR) is 274 cm³/mol. The standard InChI is InChI=1S/C60H95N/c1-4-7-9-11-13-15-17-19-21-22-23-24-26-28-30-32-34-37-42-56-47-51-59(52-48-56)61(58-45-38-35-39-46-58)60-53-49-57(50-54-60)44-40-43-55(6-3)41-36-33-31-29-27-25-20-18-16-14-12-10-8-5-2/h3,35,38-39,45-55H,4-5,7-34,36-37,40-44H2,1-2H3. The van der Waals surface area contributed by atoms with Gasteiger partial charge in [-0.3, -0.25) is 0 Å². The van der Waals surface area contributed by atoms with E-state index in [9.17, 15) is 0 Å². The molecule has 0 aliphatic rings. The van der Waals surface area contributed by atoms with Gasteiger partial charge in [0, 0.05) is 23.0 Å². The van der Waals surface area contributed by atoms with Gasteiger partial charge in [0.05, 0.1) is 0 Å². The first-order chi connectivity index (χ1) is 30.2. The molecule has 3 aromatic carbocycles. The minimum absolute atomic E-state index is 0.423. The third-order valence-corrected chi connectivity index (χ3v) is 13.4. The number of terminal acetylenes is 1. The van der Waals surface area contributed by atoms with Gasteiger partial charge in [0.15, 0.2) is 0 Å². The van der Waals surface area contributed by atoms with Crippen molar-refractivity contribution in [1.82, 2.24) is 0 Å². The van der Waals surface area contributed by atoms with Crippen molar-refractivity contribution in [2.45, 2.75) is 251 Å². The molecule has 340 valence electrons. The highest BCUT2D eigenvalue weighted by molar-refractivity contribution is 5.76. The second-order valence-electron chi connectivity index (χ2n) is 18.9. The zero-order chi connectivity index (χ0) is 43.1. The first kappa shape index (κ1) is 52.4. The number of para-hydroxylation sites is 1. The van der Waals surface area contributed by atoms with Crippen LogP contribution in [-0.2, 0) is 12.8 Å². The number of rotatable bonds is 41. The van der Waals surface area contributed by atoms with E-state index >= 15 is 0 Å². The van der Waals surface area contributed by atoms with Crippen molar-refractivity contribution in [3.63, 3.8) is 0 Å². The third-order valence-electron chi connectivity index (χ3n) is 13.4. The van der Waals surface area contributed by atoms with Crippen LogP contribution in [-0.4, -0.2) is 0 Å². The molecule has 1 unspecified atom stereocenters.